The molecule has 120 valence electrons. The zero-order valence-electron chi connectivity index (χ0n) is 13.6. The number of rotatable bonds is 6. The first-order valence-corrected chi connectivity index (χ1v) is 11.6. The molecular formula is C17H23ClFNOSi. The number of halogens is 2. The van der Waals surface area contributed by atoms with Crippen LogP contribution in [-0.4, -0.2) is 19.2 Å². The van der Waals surface area contributed by atoms with E-state index < -0.39 is 8.07 Å². The summed E-state index contributed by atoms with van der Waals surface area (Å²) in [7, 11) is -1.12. The van der Waals surface area contributed by atoms with Crippen LogP contribution in [0.25, 0.3) is 11.3 Å². The highest BCUT2D eigenvalue weighted by molar-refractivity contribution is 6.76. The third-order valence-electron chi connectivity index (χ3n) is 3.60. The van der Waals surface area contributed by atoms with Crippen LogP contribution in [0.4, 0.5) is 4.39 Å². The molecule has 0 amide bonds. The van der Waals surface area contributed by atoms with Crippen LogP contribution in [0.5, 0.6) is 0 Å². The summed E-state index contributed by atoms with van der Waals surface area (Å²) in [5.74, 6) is -0.273. The van der Waals surface area contributed by atoms with Gasteiger partial charge in [0.25, 0.3) is 0 Å². The summed E-state index contributed by atoms with van der Waals surface area (Å²) in [4.78, 5) is 0. The van der Waals surface area contributed by atoms with Crippen LogP contribution in [0.1, 0.15) is 5.56 Å². The lowest BCUT2D eigenvalue weighted by atomic mass is 10.1. The molecule has 5 heteroatoms. The molecule has 0 bridgehead atoms. The highest BCUT2D eigenvalue weighted by Gasteiger charge is 2.17. The Kier molecular flexibility index (Phi) is 5.48. The van der Waals surface area contributed by atoms with Crippen molar-refractivity contribution in [1.29, 1.82) is 0 Å². The van der Waals surface area contributed by atoms with Crippen LogP contribution < -0.4 is 0 Å². The maximum atomic E-state index is 14.2. The van der Waals surface area contributed by atoms with Crippen molar-refractivity contribution in [3.8, 4) is 11.3 Å². The van der Waals surface area contributed by atoms with Crippen LogP contribution in [-0.2, 0) is 11.5 Å². The fourth-order valence-electron chi connectivity index (χ4n) is 2.29. The molecule has 0 saturated heterocycles. The number of benzene rings is 1. The molecule has 0 radical (unpaired) electrons. The van der Waals surface area contributed by atoms with E-state index >= 15 is 0 Å². The van der Waals surface area contributed by atoms with E-state index in [9.17, 15) is 4.39 Å². The highest BCUT2D eigenvalue weighted by atomic mass is 35.5. The molecule has 0 aliphatic carbocycles. The van der Waals surface area contributed by atoms with Gasteiger partial charge in [-0.2, -0.15) is 0 Å². The third kappa shape index (κ3) is 4.21. The number of aryl methyl sites for hydroxylation is 1. The van der Waals surface area contributed by atoms with Crippen molar-refractivity contribution in [2.45, 2.75) is 39.3 Å². The fourth-order valence-corrected chi connectivity index (χ4v) is 3.36. The Morgan fingerprint density at radius 1 is 1.23 bits per heavy atom. The summed E-state index contributed by atoms with van der Waals surface area (Å²) in [5, 5.41) is 0.556. The molecule has 0 spiro atoms. The van der Waals surface area contributed by atoms with E-state index in [4.69, 9.17) is 16.3 Å². The van der Waals surface area contributed by atoms with Gasteiger partial charge in [0, 0.05) is 26.4 Å². The Labute approximate surface area is 137 Å². The van der Waals surface area contributed by atoms with Gasteiger partial charge in [0.2, 0.25) is 0 Å². The largest absolute Gasteiger partial charge is 0.361 e. The number of ether oxygens (including phenoxy) is 1. The van der Waals surface area contributed by atoms with Gasteiger partial charge < -0.3 is 9.30 Å². The van der Waals surface area contributed by atoms with Gasteiger partial charge in [-0.05, 0) is 30.7 Å². The Morgan fingerprint density at radius 3 is 2.59 bits per heavy atom. The summed E-state index contributed by atoms with van der Waals surface area (Å²) in [5.41, 5.74) is 2.19. The number of nitrogens with zero attached hydrogens (tertiary/aromatic N) is 1. The van der Waals surface area contributed by atoms with E-state index in [0.717, 1.165) is 17.2 Å². The second kappa shape index (κ2) is 6.98. The van der Waals surface area contributed by atoms with Crippen molar-refractivity contribution < 1.29 is 9.13 Å². The van der Waals surface area contributed by atoms with E-state index in [1.807, 2.05) is 19.1 Å². The molecule has 22 heavy (non-hydrogen) atoms. The van der Waals surface area contributed by atoms with Crippen molar-refractivity contribution in [3.05, 3.63) is 46.9 Å². The molecule has 0 unspecified atom stereocenters. The van der Waals surface area contributed by atoms with Crippen molar-refractivity contribution in [2.24, 2.45) is 0 Å². The molecule has 0 atom stereocenters. The molecule has 0 saturated carbocycles. The number of hydrogen-bond acceptors (Lipinski definition) is 1. The van der Waals surface area contributed by atoms with Gasteiger partial charge in [-0.25, -0.2) is 4.39 Å². The third-order valence-corrected chi connectivity index (χ3v) is 5.62. The summed E-state index contributed by atoms with van der Waals surface area (Å²) < 4.78 is 21.8. The molecule has 0 aliphatic heterocycles. The van der Waals surface area contributed by atoms with Crippen molar-refractivity contribution >= 4 is 19.7 Å². The van der Waals surface area contributed by atoms with Gasteiger partial charge in [-0.1, -0.05) is 43.4 Å². The van der Waals surface area contributed by atoms with Gasteiger partial charge in [0.05, 0.1) is 10.7 Å². The summed E-state index contributed by atoms with van der Waals surface area (Å²) in [6.45, 7) is 9.91. The SMILES string of the molecule is Cc1cccc(Cl)c1-c1c(F)ccn1COCC[Si](C)(C)C. The molecule has 2 nitrogen and oxygen atoms in total. The molecule has 0 N–H and O–H groups in total. The maximum absolute atomic E-state index is 14.2. The Bertz CT molecular complexity index is 628. The summed E-state index contributed by atoms with van der Waals surface area (Å²) in [6, 6.07) is 8.14. The predicted molar refractivity (Wildman–Crippen MR) is 93.7 cm³/mol. The average molecular weight is 340 g/mol. The molecule has 0 fully saturated rings. The minimum Gasteiger partial charge on any atom is -0.361 e. The lowest BCUT2D eigenvalue weighted by Crippen LogP contribution is -2.22. The second-order valence-corrected chi connectivity index (χ2v) is 12.8. The minimum atomic E-state index is -1.12. The van der Waals surface area contributed by atoms with Gasteiger partial charge in [-0.15, -0.1) is 0 Å². The minimum absolute atomic E-state index is 0.273. The molecular weight excluding hydrogens is 317 g/mol. The zero-order chi connectivity index (χ0) is 16.3. The predicted octanol–water partition coefficient (Wildman–Crippen LogP) is 5.57. The van der Waals surface area contributed by atoms with Crippen LogP contribution in [0.3, 0.4) is 0 Å². The summed E-state index contributed by atoms with van der Waals surface area (Å²) in [6.07, 6.45) is 1.71. The normalized spacial score (nSPS) is 11.9. The van der Waals surface area contributed by atoms with Gasteiger partial charge in [0.1, 0.15) is 12.5 Å². The zero-order valence-corrected chi connectivity index (χ0v) is 15.4. The Hall–Kier alpha value is -1.10. The van der Waals surface area contributed by atoms with Crippen molar-refractivity contribution in [2.75, 3.05) is 6.61 Å². The quantitative estimate of drug-likeness (QED) is 0.495. The Morgan fingerprint density at radius 2 is 1.95 bits per heavy atom. The lowest BCUT2D eigenvalue weighted by molar-refractivity contribution is 0.0883. The van der Waals surface area contributed by atoms with Crippen LogP contribution in [0.2, 0.25) is 30.7 Å². The number of hydrogen-bond donors (Lipinski definition) is 0. The lowest BCUT2D eigenvalue weighted by Gasteiger charge is -2.17. The first kappa shape index (κ1) is 17.3. The fraction of sp³-hybridized carbons (Fsp3) is 0.412. The van der Waals surface area contributed by atoms with Gasteiger partial charge in [-0.3, -0.25) is 0 Å². The molecule has 2 rings (SSSR count). The molecule has 1 aromatic carbocycles. The van der Waals surface area contributed by atoms with Gasteiger partial charge in [0.15, 0.2) is 0 Å². The molecule has 1 heterocycles. The monoisotopic (exact) mass is 339 g/mol. The van der Waals surface area contributed by atoms with E-state index in [1.54, 1.807) is 16.8 Å². The summed E-state index contributed by atoms with van der Waals surface area (Å²) >= 11 is 6.27. The van der Waals surface area contributed by atoms with Gasteiger partial charge >= 0.3 is 0 Å². The van der Waals surface area contributed by atoms with Crippen LogP contribution in [0.15, 0.2) is 30.5 Å². The van der Waals surface area contributed by atoms with Crippen LogP contribution in [0, 0.1) is 12.7 Å². The highest BCUT2D eigenvalue weighted by Crippen LogP contribution is 2.33. The second-order valence-electron chi connectivity index (χ2n) is 6.76. The molecule has 2 aromatic rings. The van der Waals surface area contributed by atoms with Crippen molar-refractivity contribution in [1.82, 2.24) is 4.57 Å². The first-order valence-electron chi connectivity index (χ1n) is 7.47. The number of aromatic nitrogens is 1. The topological polar surface area (TPSA) is 14.2 Å². The van der Waals surface area contributed by atoms with Crippen molar-refractivity contribution in [3.63, 3.8) is 0 Å². The smallest absolute Gasteiger partial charge is 0.149 e. The Balaban J connectivity index is 2.19. The first-order chi connectivity index (χ1) is 10.3. The van der Waals surface area contributed by atoms with E-state index in [2.05, 4.69) is 19.6 Å². The van der Waals surface area contributed by atoms with E-state index in [-0.39, 0.29) is 5.82 Å². The van der Waals surface area contributed by atoms with E-state index in [1.165, 1.54) is 6.07 Å². The van der Waals surface area contributed by atoms with E-state index in [0.29, 0.717) is 24.1 Å². The molecule has 0 aliphatic rings. The maximum Gasteiger partial charge on any atom is 0.149 e. The van der Waals surface area contributed by atoms with Crippen LogP contribution >= 0.6 is 11.6 Å². The average Bonchev–Trinajstić information content (AvgIpc) is 2.76. The molecule has 1 aromatic heterocycles. The standard InChI is InChI=1S/C17H23ClFNOSi/c1-13-6-5-7-14(18)16(13)17-15(19)8-9-20(17)12-21-10-11-22(2,3)4/h5-9H,10-12H2,1-4H3.